The Hall–Kier alpha value is -3.84. The molecule has 8 heteroatoms. The van der Waals surface area contributed by atoms with Gasteiger partial charge in [0.05, 0.1) is 28.3 Å². The van der Waals surface area contributed by atoms with E-state index >= 15 is 0 Å². The van der Waals surface area contributed by atoms with Crippen molar-refractivity contribution in [3.05, 3.63) is 83.0 Å². The Bertz CT molecular complexity index is 1430. The van der Waals surface area contributed by atoms with E-state index in [0.717, 1.165) is 22.0 Å². The van der Waals surface area contributed by atoms with E-state index in [1.807, 2.05) is 36.4 Å². The van der Waals surface area contributed by atoms with Gasteiger partial charge in [-0.2, -0.15) is 0 Å². The predicted molar refractivity (Wildman–Crippen MR) is 114 cm³/mol. The Morgan fingerprint density at radius 2 is 1.90 bits per heavy atom. The summed E-state index contributed by atoms with van der Waals surface area (Å²) in [5.74, 6) is -1.07. The highest BCUT2D eigenvalue weighted by Crippen LogP contribution is 2.26. The van der Waals surface area contributed by atoms with Crippen LogP contribution >= 0.6 is 11.6 Å². The van der Waals surface area contributed by atoms with Gasteiger partial charge in [0.1, 0.15) is 5.52 Å². The molecular formula is C22H14ClN5O2. The summed E-state index contributed by atoms with van der Waals surface area (Å²) in [6, 6.07) is 18.4. The fraction of sp³-hybridized carbons (Fsp3) is 0.0455. The Morgan fingerprint density at radius 1 is 1.03 bits per heavy atom. The molecule has 0 bridgehead atoms. The summed E-state index contributed by atoms with van der Waals surface area (Å²) < 4.78 is 1.74. The first-order chi connectivity index (χ1) is 14.6. The fourth-order valence-electron chi connectivity index (χ4n) is 3.37. The standard InChI is InChI=1S/C22H14ClN5O2/c23-17-11-15(4-5-16(17)22(29)30)19-7-8-20-21(25-19)28(27-26-20)12-13-3-6-18-14(10-13)2-1-9-24-18/h1-11H,12H2,(H,29,30). The average molecular weight is 416 g/mol. The van der Waals surface area contributed by atoms with Crippen molar-refractivity contribution in [1.29, 1.82) is 0 Å². The third-order valence-electron chi connectivity index (χ3n) is 4.85. The predicted octanol–water partition coefficient (Wildman–Crippen LogP) is 4.44. The van der Waals surface area contributed by atoms with Gasteiger partial charge in [-0.1, -0.05) is 35.0 Å². The van der Waals surface area contributed by atoms with E-state index in [2.05, 4.69) is 21.4 Å². The van der Waals surface area contributed by atoms with E-state index in [1.165, 1.54) is 6.07 Å². The highest BCUT2D eigenvalue weighted by molar-refractivity contribution is 6.33. The van der Waals surface area contributed by atoms with Crippen molar-refractivity contribution in [1.82, 2.24) is 25.0 Å². The average Bonchev–Trinajstić information content (AvgIpc) is 3.15. The van der Waals surface area contributed by atoms with Crippen molar-refractivity contribution in [2.45, 2.75) is 6.54 Å². The van der Waals surface area contributed by atoms with Crippen LogP contribution in [0.25, 0.3) is 33.3 Å². The minimum atomic E-state index is -1.07. The van der Waals surface area contributed by atoms with Gasteiger partial charge in [0.15, 0.2) is 5.65 Å². The number of hydrogen-bond acceptors (Lipinski definition) is 5. The van der Waals surface area contributed by atoms with Gasteiger partial charge in [-0.15, -0.1) is 5.10 Å². The molecule has 0 saturated carbocycles. The number of benzene rings is 2. The number of aromatic nitrogens is 5. The summed E-state index contributed by atoms with van der Waals surface area (Å²) in [6.07, 6.45) is 1.77. The third-order valence-corrected chi connectivity index (χ3v) is 5.17. The molecule has 5 aromatic rings. The maximum Gasteiger partial charge on any atom is 0.337 e. The molecular weight excluding hydrogens is 402 g/mol. The molecule has 2 aromatic carbocycles. The van der Waals surface area contributed by atoms with Gasteiger partial charge in [-0.25, -0.2) is 14.5 Å². The van der Waals surface area contributed by atoms with Crippen LogP contribution in [0.2, 0.25) is 5.02 Å². The summed E-state index contributed by atoms with van der Waals surface area (Å²) in [5.41, 5.74) is 4.74. The largest absolute Gasteiger partial charge is 0.478 e. The minimum absolute atomic E-state index is 0.0546. The molecule has 7 nitrogen and oxygen atoms in total. The van der Waals surface area contributed by atoms with E-state index in [4.69, 9.17) is 21.7 Å². The summed E-state index contributed by atoms with van der Waals surface area (Å²) in [4.78, 5) is 20.2. The number of fused-ring (bicyclic) bond motifs is 2. The van der Waals surface area contributed by atoms with Crippen LogP contribution < -0.4 is 0 Å². The lowest BCUT2D eigenvalue weighted by atomic mass is 10.1. The molecule has 3 heterocycles. The van der Waals surface area contributed by atoms with Crippen molar-refractivity contribution in [3.63, 3.8) is 0 Å². The van der Waals surface area contributed by atoms with Crippen LogP contribution in [0.5, 0.6) is 0 Å². The minimum Gasteiger partial charge on any atom is -0.478 e. The molecule has 0 aliphatic carbocycles. The normalized spacial score (nSPS) is 11.2. The highest BCUT2D eigenvalue weighted by atomic mass is 35.5. The van der Waals surface area contributed by atoms with Gasteiger partial charge in [-0.05, 0) is 48.0 Å². The lowest BCUT2D eigenvalue weighted by Gasteiger charge is -2.06. The topological polar surface area (TPSA) is 93.8 Å². The zero-order chi connectivity index (χ0) is 20.7. The van der Waals surface area contributed by atoms with Crippen molar-refractivity contribution >= 4 is 39.6 Å². The quantitative estimate of drug-likeness (QED) is 0.466. The number of carboxylic acid groups (broad SMARTS) is 1. The molecule has 5 rings (SSSR count). The molecule has 0 spiro atoms. The Balaban J connectivity index is 1.52. The number of nitrogens with zero attached hydrogens (tertiary/aromatic N) is 5. The van der Waals surface area contributed by atoms with Gasteiger partial charge in [0.25, 0.3) is 0 Å². The van der Waals surface area contributed by atoms with Crippen LogP contribution in [0.4, 0.5) is 0 Å². The second kappa shape index (κ2) is 7.20. The highest BCUT2D eigenvalue weighted by Gasteiger charge is 2.13. The van der Waals surface area contributed by atoms with Crippen molar-refractivity contribution in [2.75, 3.05) is 0 Å². The van der Waals surface area contributed by atoms with Crippen LogP contribution in [0, 0.1) is 0 Å². The zero-order valence-corrected chi connectivity index (χ0v) is 16.3. The number of carbonyl (C=O) groups is 1. The summed E-state index contributed by atoms with van der Waals surface area (Å²) in [7, 11) is 0. The van der Waals surface area contributed by atoms with Crippen LogP contribution in [0.1, 0.15) is 15.9 Å². The number of pyridine rings is 2. The second-order valence-corrected chi connectivity index (χ2v) is 7.22. The smallest absolute Gasteiger partial charge is 0.337 e. The molecule has 146 valence electrons. The Morgan fingerprint density at radius 3 is 2.73 bits per heavy atom. The molecule has 0 amide bonds. The SMILES string of the molecule is O=C(O)c1ccc(-c2ccc3nnn(Cc4ccc5ncccc5c4)c3n2)cc1Cl. The number of aromatic carboxylic acids is 1. The molecule has 0 saturated heterocycles. The number of hydrogen-bond donors (Lipinski definition) is 1. The monoisotopic (exact) mass is 415 g/mol. The lowest BCUT2D eigenvalue weighted by molar-refractivity contribution is 0.0697. The van der Waals surface area contributed by atoms with E-state index < -0.39 is 5.97 Å². The first kappa shape index (κ1) is 18.2. The van der Waals surface area contributed by atoms with Gasteiger partial charge < -0.3 is 5.11 Å². The molecule has 30 heavy (non-hydrogen) atoms. The summed E-state index contributed by atoms with van der Waals surface area (Å²) in [6.45, 7) is 0.510. The maximum absolute atomic E-state index is 11.2. The maximum atomic E-state index is 11.2. The molecule has 0 aliphatic rings. The van der Waals surface area contributed by atoms with E-state index in [9.17, 15) is 4.79 Å². The zero-order valence-electron chi connectivity index (χ0n) is 15.5. The lowest BCUT2D eigenvalue weighted by Crippen LogP contribution is -2.03. The molecule has 0 unspecified atom stereocenters. The summed E-state index contributed by atoms with van der Waals surface area (Å²) in [5, 5.41) is 18.8. The van der Waals surface area contributed by atoms with E-state index in [0.29, 0.717) is 23.4 Å². The van der Waals surface area contributed by atoms with Crippen LogP contribution in [-0.4, -0.2) is 36.0 Å². The molecule has 0 fully saturated rings. The number of rotatable bonds is 4. The van der Waals surface area contributed by atoms with E-state index in [1.54, 1.807) is 23.0 Å². The fourth-order valence-corrected chi connectivity index (χ4v) is 3.63. The van der Waals surface area contributed by atoms with Gasteiger partial charge in [0.2, 0.25) is 0 Å². The first-order valence-corrected chi connectivity index (χ1v) is 9.53. The summed E-state index contributed by atoms with van der Waals surface area (Å²) >= 11 is 6.11. The van der Waals surface area contributed by atoms with Crippen molar-refractivity contribution in [2.24, 2.45) is 0 Å². The van der Waals surface area contributed by atoms with Crippen molar-refractivity contribution < 1.29 is 9.90 Å². The van der Waals surface area contributed by atoms with Crippen LogP contribution in [-0.2, 0) is 6.54 Å². The first-order valence-electron chi connectivity index (χ1n) is 9.15. The van der Waals surface area contributed by atoms with Crippen molar-refractivity contribution in [3.8, 4) is 11.3 Å². The Labute approximate surface area is 175 Å². The van der Waals surface area contributed by atoms with Gasteiger partial charge >= 0.3 is 5.97 Å². The molecule has 0 radical (unpaired) electrons. The second-order valence-electron chi connectivity index (χ2n) is 6.82. The third kappa shape index (κ3) is 3.25. The van der Waals surface area contributed by atoms with Gasteiger partial charge in [0, 0.05) is 17.1 Å². The Kier molecular flexibility index (Phi) is 4.37. The number of halogens is 1. The molecule has 0 aliphatic heterocycles. The molecule has 3 aromatic heterocycles. The van der Waals surface area contributed by atoms with Crippen LogP contribution in [0.3, 0.4) is 0 Å². The molecule has 1 N–H and O–H groups in total. The van der Waals surface area contributed by atoms with Gasteiger partial charge in [-0.3, -0.25) is 4.98 Å². The van der Waals surface area contributed by atoms with E-state index in [-0.39, 0.29) is 10.6 Å². The molecule has 0 atom stereocenters. The van der Waals surface area contributed by atoms with Crippen LogP contribution in [0.15, 0.2) is 66.9 Å². The number of carboxylic acids is 1.